The molecule has 2 aliphatic rings. The van der Waals surface area contributed by atoms with Gasteiger partial charge >= 0.3 is 5.97 Å². The van der Waals surface area contributed by atoms with Crippen LogP contribution in [0.15, 0.2) is 6.07 Å². The molecule has 1 aliphatic heterocycles. The van der Waals surface area contributed by atoms with Gasteiger partial charge in [0.2, 0.25) is 0 Å². The summed E-state index contributed by atoms with van der Waals surface area (Å²) < 4.78 is 4.74. The Kier molecular flexibility index (Phi) is 2.07. The van der Waals surface area contributed by atoms with E-state index in [4.69, 9.17) is 4.74 Å². The summed E-state index contributed by atoms with van der Waals surface area (Å²) in [7, 11) is 1.44. The van der Waals surface area contributed by atoms with Gasteiger partial charge in [0.25, 0.3) is 0 Å². The molecule has 4 heteroatoms. The lowest BCUT2D eigenvalue weighted by molar-refractivity contribution is 0.0606. The number of carbonyl (C=O) groups is 1. The van der Waals surface area contributed by atoms with Crippen molar-refractivity contribution >= 4 is 17.3 Å². The molecule has 1 aromatic rings. The van der Waals surface area contributed by atoms with E-state index in [9.17, 15) is 4.79 Å². The van der Waals surface area contributed by atoms with Gasteiger partial charge in [0.15, 0.2) is 0 Å². The van der Waals surface area contributed by atoms with Crippen LogP contribution in [0.4, 0.5) is 0 Å². The van der Waals surface area contributed by atoms with Crippen LogP contribution in [-0.4, -0.2) is 26.2 Å². The van der Waals surface area contributed by atoms with Crippen LogP contribution in [0.2, 0.25) is 0 Å². The molecular formula is C11H13NO2S. The number of hydrogen-bond donors (Lipinski definition) is 1. The fourth-order valence-corrected chi connectivity index (χ4v) is 3.96. The fraction of sp³-hybridized carbons (Fsp3) is 0.545. The molecule has 2 heterocycles. The summed E-state index contributed by atoms with van der Waals surface area (Å²) in [4.78, 5) is 13.5. The van der Waals surface area contributed by atoms with Gasteiger partial charge in [-0.05, 0) is 30.5 Å². The van der Waals surface area contributed by atoms with E-state index in [0.29, 0.717) is 5.92 Å². The van der Waals surface area contributed by atoms with E-state index in [0.717, 1.165) is 30.3 Å². The molecule has 80 valence electrons. The molecule has 0 amide bonds. The molecule has 0 bridgehead atoms. The number of methoxy groups -OCH3 is 1. The molecule has 3 nitrogen and oxygen atoms in total. The summed E-state index contributed by atoms with van der Waals surface area (Å²) in [5, 5.41) is 3.41. The molecule has 0 spiro atoms. The maximum Gasteiger partial charge on any atom is 0.348 e. The van der Waals surface area contributed by atoms with Crippen molar-refractivity contribution < 1.29 is 9.53 Å². The predicted molar refractivity (Wildman–Crippen MR) is 58.5 cm³/mol. The van der Waals surface area contributed by atoms with Crippen LogP contribution in [0.5, 0.6) is 0 Å². The fourth-order valence-electron chi connectivity index (χ4n) is 2.65. The van der Waals surface area contributed by atoms with Gasteiger partial charge in [-0.25, -0.2) is 4.79 Å². The van der Waals surface area contributed by atoms with Crippen LogP contribution in [0, 0.1) is 5.92 Å². The van der Waals surface area contributed by atoms with Crippen molar-refractivity contribution in [2.45, 2.75) is 12.3 Å². The molecule has 1 aromatic heterocycles. The van der Waals surface area contributed by atoms with E-state index in [1.807, 2.05) is 6.07 Å². The smallest absolute Gasteiger partial charge is 0.348 e. The van der Waals surface area contributed by atoms with Crippen LogP contribution >= 0.6 is 11.3 Å². The normalized spacial score (nSPS) is 27.5. The Morgan fingerprint density at radius 2 is 2.47 bits per heavy atom. The van der Waals surface area contributed by atoms with E-state index in [1.54, 1.807) is 11.3 Å². The van der Waals surface area contributed by atoms with Crippen molar-refractivity contribution in [3.63, 3.8) is 0 Å². The van der Waals surface area contributed by atoms with E-state index < -0.39 is 0 Å². The van der Waals surface area contributed by atoms with Gasteiger partial charge in [0, 0.05) is 17.3 Å². The molecule has 0 aromatic carbocycles. The third-order valence-electron chi connectivity index (χ3n) is 3.39. The molecule has 1 aliphatic carbocycles. The lowest BCUT2D eigenvalue weighted by atomic mass is 10.0. The van der Waals surface area contributed by atoms with Crippen molar-refractivity contribution in [3.8, 4) is 0 Å². The Balaban J connectivity index is 1.95. The van der Waals surface area contributed by atoms with E-state index in [-0.39, 0.29) is 5.97 Å². The summed E-state index contributed by atoms with van der Waals surface area (Å²) in [6, 6.07) is 2.02. The molecule has 2 unspecified atom stereocenters. The highest BCUT2D eigenvalue weighted by atomic mass is 32.1. The standard InChI is InChI=1S/C11H13NO2S/c1-14-11(13)9-3-6-2-7-4-12-5-8(7)10(6)15-9/h3,7-8,12H,2,4-5H2,1H3. The summed E-state index contributed by atoms with van der Waals surface area (Å²) in [6.45, 7) is 2.19. The molecule has 0 radical (unpaired) electrons. The van der Waals surface area contributed by atoms with Crippen LogP contribution < -0.4 is 5.32 Å². The lowest BCUT2D eigenvalue weighted by Gasteiger charge is -2.06. The number of esters is 1. The largest absolute Gasteiger partial charge is 0.465 e. The number of fused-ring (bicyclic) bond motifs is 3. The van der Waals surface area contributed by atoms with Crippen LogP contribution in [0.25, 0.3) is 0 Å². The minimum atomic E-state index is -0.197. The number of ether oxygens (including phenoxy) is 1. The van der Waals surface area contributed by atoms with Crippen molar-refractivity contribution in [2.75, 3.05) is 20.2 Å². The zero-order chi connectivity index (χ0) is 10.4. The molecular weight excluding hydrogens is 210 g/mol. The maximum atomic E-state index is 11.4. The zero-order valence-electron chi connectivity index (χ0n) is 8.58. The van der Waals surface area contributed by atoms with Crippen LogP contribution in [0.3, 0.4) is 0 Å². The van der Waals surface area contributed by atoms with Gasteiger partial charge in [-0.15, -0.1) is 11.3 Å². The third kappa shape index (κ3) is 1.32. The first kappa shape index (κ1) is 9.36. The first-order chi connectivity index (χ1) is 7.29. The summed E-state index contributed by atoms with van der Waals surface area (Å²) in [5.74, 6) is 1.21. The van der Waals surface area contributed by atoms with Crippen molar-refractivity contribution in [2.24, 2.45) is 5.92 Å². The number of hydrogen-bond acceptors (Lipinski definition) is 4. The Morgan fingerprint density at radius 1 is 1.60 bits per heavy atom. The van der Waals surface area contributed by atoms with Crippen molar-refractivity contribution in [1.82, 2.24) is 5.32 Å². The van der Waals surface area contributed by atoms with E-state index in [1.165, 1.54) is 17.6 Å². The van der Waals surface area contributed by atoms with E-state index >= 15 is 0 Å². The summed E-state index contributed by atoms with van der Waals surface area (Å²) in [6.07, 6.45) is 1.13. The van der Waals surface area contributed by atoms with Gasteiger partial charge in [-0.2, -0.15) is 0 Å². The second kappa shape index (κ2) is 3.32. The lowest BCUT2D eigenvalue weighted by Crippen LogP contribution is -2.10. The van der Waals surface area contributed by atoms with Gasteiger partial charge in [-0.1, -0.05) is 0 Å². The van der Waals surface area contributed by atoms with Crippen LogP contribution in [-0.2, 0) is 11.2 Å². The van der Waals surface area contributed by atoms with Gasteiger partial charge < -0.3 is 10.1 Å². The monoisotopic (exact) mass is 223 g/mol. The Morgan fingerprint density at radius 3 is 3.27 bits per heavy atom. The van der Waals surface area contributed by atoms with Gasteiger partial charge in [0.05, 0.1) is 7.11 Å². The number of thiophene rings is 1. The Hall–Kier alpha value is -0.870. The molecule has 1 N–H and O–H groups in total. The summed E-state index contributed by atoms with van der Waals surface area (Å²) in [5.41, 5.74) is 1.37. The van der Waals surface area contributed by atoms with Gasteiger partial charge in [-0.3, -0.25) is 0 Å². The molecule has 1 fully saturated rings. The molecule has 1 saturated heterocycles. The first-order valence-corrected chi connectivity index (χ1v) is 6.03. The van der Waals surface area contributed by atoms with Crippen LogP contribution in [0.1, 0.15) is 26.0 Å². The number of carbonyl (C=O) groups excluding carboxylic acids is 1. The second-order valence-corrected chi connectivity index (χ2v) is 5.30. The highest BCUT2D eigenvalue weighted by Crippen LogP contribution is 2.44. The molecule has 2 atom stereocenters. The van der Waals surface area contributed by atoms with E-state index in [2.05, 4.69) is 5.32 Å². The molecule has 0 saturated carbocycles. The minimum absolute atomic E-state index is 0.197. The number of rotatable bonds is 1. The average molecular weight is 223 g/mol. The topological polar surface area (TPSA) is 38.3 Å². The van der Waals surface area contributed by atoms with Crippen molar-refractivity contribution in [3.05, 3.63) is 21.4 Å². The Bertz CT molecular complexity index is 413. The minimum Gasteiger partial charge on any atom is -0.465 e. The second-order valence-electron chi connectivity index (χ2n) is 4.22. The quantitative estimate of drug-likeness (QED) is 0.731. The molecule has 15 heavy (non-hydrogen) atoms. The Labute approximate surface area is 92.4 Å². The SMILES string of the molecule is COC(=O)c1cc2c(s1)C1CNCC1C2. The number of nitrogens with one attached hydrogen (secondary N) is 1. The predicted octanol–water partition coefficient (Wildman–Crippen LogP) is 1.39. The highest BCUT2D eigenvalue weighted by Gasteiger charge is 2.38. The maximum absolute atomic E-state index is 11.4. The van der Waals surface area contributed by atoms with Gasteiger partial charge in [0.1, 0.15) is 4.88 Å². The average Bonchev–Trinajstić information content (AvgIpc) is 2.85. The third-order valence-corrected chi connectivity index (χ3v) is 4.68. The molecule has 3 rings (SSSR count). The highest BCUT2D eigenvalue weighted by molar-refractivity contribution is 7.14. The zero-order valence-corrected chi connectivity index (χ0v) is 9.39. The summed E-state index contributed by atoms with van der Waals surface area (Å²) >= 11 is 1.62. The van der Waals surface area contributed by atoms with Crippen molar-refractivity contribution in [1.29, 1.82) is 0 Å². The first-order valence-electron chi connectivity index (χ1n) is 5.21.